The van der Waals surface area contributed by atoms with Crippen molar-refractivity contribution in [2.45, 2.75) is 31.8 Å². The lowest BCUT2D eigenvalue weighted by Crippen LogP contribution is -2.34. The number of rotatable bonds is 3. The van der Waals surface area contributed by atoms with Crippen LogP contribution in [0.5, 0.6) is 0 Å². The van der Waals surface area contributed by atoms with Crippen LogP contribution in [0.1, 0.15) is 24.1 Å². The summed E-state index contributed by atoms with van der Waals surface area (Å²) in [5, 5.41) is 3.54. The van der Waals surface area contributed by atoms with Crippen molar-refractivity contribution in [3.8, 4) is 0 Å². The lowest BCUT2D eigenvalue weighted by molar-refractivity contribution is 0.339. The van der Waals surface area contributed by atoms with Gasteiger partial charge in [0.2, 0.25) is 0 Å². The molecule has 1 nitrogen and oxygen atoms in total. The van der Waals surface area contributed by atoms with Gasteiger partial charge < -0.3 is 5.32 Å². The van der Waals surface area contributed by atoms with Crippen LogP contribution >= 0.6 is 43.2 Å². The molecule has 2 rings (SSSR count). The van der Waals surface area contributed by atoms with E-state index in [2.05, 4.69) is 43.2 Å². The van der Waals surface area contributed by atoms with E-state index in [1.165, 1.54) is 32.4 Å². The summed E-state index contributed by atoms with van der Waals surface area (Å²) < 4.78 is 2.36. The smallest absolute Gasteiger partial charge is 0.0843 e. The molecule has 0 radical (unpaired) electrons. The van der Waals surface area contributed by atoms with Crippen LogP contribution in [-0.4, -0.2) is 6.04 Å². The maximum Gasteiger partial charge on any atom is 0.0843 e. The van der Waals surface area contributed by atoms with E-state index in [0.717, 1.165) is 12.6 Å². The Morgan fingerprint density at radius 3 is 2.69 bits per heavy atom. The van der Waals surface area contributed by atoms with Crippen LogP contribution in [0.3, 0.4) is 0 Å². The first-order chi connectivity index (χ1) is 6.25. The monoisotopic (exact) mass is 323 g/mol. The molecule has 0 aromatic carbocycles. The highest BCUT2D eigenvalue weighted by molar-refractivity contribution is 9.13. The molecule has 1 aliphatic carbocycles. The first kappa shape index (κ1) is 10.1. The van der Waals surface area contributed by atoms with Crippen LogP contribution in [0.25, 0.3) is 0 Å². The summed E-state index contributed by atoms with van der Waals surface area (Å²) in [6.45, 7) is 1.01. The average Bonchev–Trinajstić information content (AvgIpc) is 2.28. The summed E-state index contributed by atoms with van der Waals surface area (Å²) in [6.07, 6.45) is 4.11. The quantitative estimate of drug-likeness (QED) is 0.888. The number of nitrogens with one attached hydrogen (secondary N) is 1. The third-order valence-electron chi connectivity index (χ3n) is 2.37. The van der Waals surface area contributed by atoms with Gasteiger partial charge >= 0.3 is 0 Å². The van der Waals surface area contributed by atoms with Crippen LogP contribution in [0.2, 0.25) is 0 Å². The molecular weight excluding hydrogens is 314 g/mol. The second-order valence-corrected chi connectivity index (χ2v) is 6.65. The molecule has 0 unspecified atom stereocenters. The van der Waals surface area contributed by atoms with Gasteiger partial charge in [0, 0.05) is 21.9 Å². The normalized spacial score (nSPS) is 17.4. The largest absolute Gasteiger partial charge is 0.309 e. The molecule has 0 spiro atoms. The number of halogens is 2. The Morgan fingerprint density at radius 1 is 1.46 bits per heavy atom. The van der Waals surface area contributed by atoms with Gasteiger partial charge in [-0.15, -0.1) is 11.3 Å². The molecule has 0 aliphatic heterocycles. The Balaban J connectivity index is 1.86. The van der Waals surface area contributed by atoms with Crippen molar-refractivity contribution in [2.24, 2.45) is 0 Å². The minimum Gasteiger partial charge on any atom is -0.309 e. The Bertz CT molecular complexity index is 274. The van der Waals surface area contributed by atoms with Gasteiger partial charge in [0.1, 0.15) is 0 Å². The summed E-state index contributed by atoms with van der Waals surface area (Å²) in [6, 6.07) is 2.96. The zero-order valence-electron chi connectivity index (χ0n) is 7.15. The topological polar surface area (TPSA) is 12.0 Å². The van der Waals surface area contributed by atoms with E-state index in [-0.39, 0.29) is 0 Å². The van der Waals surface area contributed by atoms with Crippen LogP contribution < -0.4 is 5.32 Å². The van der Waals surface area contributed by atoms with Crippen molar-refractivity contribution >= 4 is 43.2 Å². The predicted molar refractivity (Wildman–Crippen MR) is 64.2 cm³/mol. The first-order valence-electron chi connectivity index (χ1n) is 4.43. The summed E-state index contributed by atoms with van der Waals surface area (Å²) >= 11 is 8.79. The Hall–Kier alpha value is 0.620. The van der Waals surface area contributed by atoms with Crippen LogP contribution in [0.15, 0.2) is 14.3 Å². The lowest BCUT2D eigenvalue weighted by Gasteiger charge is -2.26. The fraction of sp³-hybridized carbons (Fsp3) is 0.556. The Morgan fingerprint density at radius 2 is 2.23 bits per heavy atom. The van der Waals surface area contributed by atoms with Gasteiger partial charge in [0.05, 0.1) is 3.79 Å². The fourth-order valence-corrected chi connectivity index (χ4v) is 3.46. The molecule has 1 heterocycles. The van der Waals surface area contributed by atoms with Crippen LogP contribution in [0, 0.1) is 0 Å². The van der Waals surface area contributed by atoms with Crippen LogP contribution in [0.4, 0.5) is 0 Å². The maximum atomic E-state index is 3.54. The van der Waals surface area contributed by atoms with Crippen molar-refractivity contribution in [1.82, 2.24) is 5.32 Å². The van der Waals surface area contributed by atoms with Crippen molar-refractivity contribution in [3.63, 3.8) is 0 Å². The zero-order chi connectivity index (χ0) is 9.26. The van der Waals surface area contributed by atoms with Gasteiger partial charge in [-0.1, -0.05) is 6.42 Å². The Labute approximate surface area is 99.2 Å². The van der Waals surface area contributed by atoms with Gasteiger partial charge in [-0.3, -0.25) is 0 Å². The van der Waals surface area contributed by atoms with Gasteiger partial charge in [0.25, 0.3) is 0 Å². The summed E-state index contributed by atoms with van der Waals surface area (Å²) in [7, 11) is 0. The molecule has 0 amide bonds. The third-order valence-corrected chi connectivity index (χ3v) is 5.62. The zero-order valence-corrected chi connectivity index (χ0v) is 11.1. The van der Waals surface area contributed by atoms with Gasteiger partial charge in [-0.25, -0.2) is 0 Å². The maximum absolute atomic E-state index is 3.54. The molecule has 0 bridgehead atoms. The lowest BCUT2D eigenvalue weighted by atomic mass is 9.93. The minimum absolute atomic E-state index is 0.777. The SMILES string of the molecule is Brc1cc(CNC2CCC2)sc1Br. The third kappa shape index (κ3) is 2.55. The van der Waals surface area contributed by atoms with E-state index in [4.69, 9.17) is 0 Å². The van der Waals surface area contributed by atoms with Gasteiger partial charge in [0.15, 0.2) is 0 Å². The summed E-state index contributed by atoms with van der Waals surface area (Å²) in [4.78, 5) is 1.39. The van der Waals surface area contributed by atoms with Gasteiger partial charge in [-0.05, 0) is 50.8 Å². The second kappa shape index (κ2) is 4.43. The number of hydrogen-bond donors (Lipinski definition) is 1. The van der Waals surface area contributed by atoms with E-state index < -0.39 is 0 Å². The number of thiophene rings is 1. The highest BCUT2D eigenvalue weighted by Crippen LogP contribution is 2.32. The molecule has 1 fully saturated rings. The average molecular weight is 325 g/mol. The molecule has 0 atom stereocenters. The molecule has 1 aromatic rings. The minimum atomic E-state index is 0.777. The molecule has 13 heavy (non-hydrogen) atoms. The number of hydrogen-bond acceptors (Lipinski definition) is 2. The predicted octanol–water partition coefficient (Wildman–Crippen LogP) is 3.92. The second-order valence-electron chi connectivity index (χ2n) is 3.34. The molecule has 1 aromatic heterocycles. The highest BCUT2D eigenvalue weighted by atomic mass is 79.9. The molecule has 72 valence electrons. The molecule has 4 heteroatoms. The van der Waals surface area contributed by atoms with E-state index in [1.54, 1.807) is 11.3 Å². The molecular formula is C9H11Br2NS. The van der Waals surface area contributed by atoms with Crippen molar-refractivity contribution in [2.75, 3.05) is 0 Å². The Kier molecular flexibility index (Phi) is 3.46. The molecule has 1 N–H and O–H groups in total. The molecule has 0 saturated heterocycles. The summed E-state index contributed by atoms with van der Waals surface area (Å²) in [5.41, 5.74) is 0. The van der Waals surface area contributed by atoms with E-state index in [9.17, 15) is 0 Å². The van der Waals surface area contributed by atoms with E-state index in [1.807, 2.05) is 0 Å². The molecule has 1 aliphatic rings. The van der Waals surface area contributed by atoms with Crippen LogP contribution in [-0.2, 0) is 6.54 Å². The van der Waals surface area contributed by atoms with Crippen molar-refractivity contribution in [3.05, 3.63) is 19.2 Å². The van der Waals surface area contributed by atoms with E-state index >= 15 is 0 Å². The van der Waals surface area contributed by atoms with Gasteiger partial charge in [-0.2, -0.15) is 0 Å². The van der Waals surface area contributed by atoms with E-state index in [0.29, 0.717) is 0 Å². The van der Waals surface area contributed by atoms with Crippen molar-refractivity contribution in [1.29, 1.82) is 0 Å². The standard InChI is InChI=1S/C9H11Br2NS/c10-8-4-7(13-9(8)11)5-12-6-2-1-3-6/h4,6,12H,1-3,5H2. The van der Waals surface area contributed by atoms with Crippen molar-refractivity contribution < 1.29 is 0 Å². The fourth-order valence-electron chi connectivity index (χ4n) is 1.34. The summed E-state index contributed by atoms with van der Waals surface area (Å²) in [5.74, 6) is 0. The molecule has 1 saturated carbocycles. The highest BCUT2D eigenvalue weighted by Gasteiger charge is 2.16. The first-order valence-corrected chi connectivity index (χ1v) is 6.83.